The van der Waals surface area contributed by atoms with Gasteiger partial charge in [0.2, 0.25) is 0 Å². The Hall–Kier alpha value is -3.23. The molecule has 0 saturated carbocycles. The fourth-order valence-corrected chi connectivity index (χ4v) is 4.99. The van der Waals surface area contributed by atoms with Crippen LogP contribution in [0.5, 0.6) is 0 Å². The molecule has 2 aromatic carbocycles. The predicted octanol–water partition coefficient (Wildman–Crippen LogP) is 4.82. The number of hydrogen-bond donors (Lipinski definition) is 1. The SMILES string of the molecule is O=C(NC[C@@H]1CCCO1)c1ccc(CSc2nc3ccncc3n2Cc2ccccc2F)cc1. The maximum Gasteiger partial charge on any atom is 0.251 e. The second kappa shape index (κ2) is 10.4. The summed E-state index contributed by atoms with van der Waals surface area (Å²) in [5.41, 5.74) is 4.00. The van der Waals surface area contributed by atoms with Crippen molar-refractivity contribution in [3.63, 3.8) is 0 Å². The summed E-state index contributed by atoms with van der Waals surface area (Å²) in [5, 5.41) is 3.75. The van der Waals surface area contributed by atoms with E-state index in [1.54, 1.807) is 36.3 Å². The highest BCUT2D eigenvalue weighted by atomic mass is 32.2. The number of thioether (sulfide) groups is 1. The van der Waals surface area contributed by atoms with E-state index in [1.807, 2.05) is 41.0 Å². The number of nitrogens with zero attached hydrogens (tertiary/aromatic N) is 3. The number of pyridine rings is 1. The van der Waals surface area contributed by atoms with Crippen molar-refractivity contribution < 1.29 is 13.9 Å². The van der Waals surface area contributed by atoms with Crippen molar-refractivity contribution in [3.05, 3.63) is 89.5 Å². The summed E-state index contributed by atoms with van der Waals surface area (Å²) in [6, 6.07) is 16.2. The molecule has 1 amide bonds. The number of fused-ring (bicyclic) bond motifs is 1. The normalized spacial score (nSPS) is 15.6. The molecule has 4 aromatic rings. The summed E-state index contributed by atoms with van der Waals surface area (Å²) in [6.07, 6.45) is 5.64. The van der Waals surface area contributed by atoms with E-state index in [-0.39, 0.29) is 17.8 Å². The molecule has 2 aromatic heterocycles. The molecule has 6 nitrogen and oxygen atoms in total. The summed E-state index contributed by atoms with van der Waals surface area (Å²) < 4.78 is 21.9. The van der Waals surface area contributed by atoms with Crippen LogP contribution in [0.2, 0.25) is 0 Å². The Balaban J connectivity index is 1.27. The molecule has 5 rings (SSSR count). The minimum absolute atomic E-state index is 0.0890. The first-order chi connectivity index (χ1) is 16.7. The Labute approximate surface area is 201 Å². The lowest BCUT2D eigenvalue weighted by Gasteiger charge is -2.11. The summed E-state index contributed by atoms with van der Waals surface area (Å²) >= 11 is 1.58. The molecule has 1 atom stereocenters. The van der Waals surface area contributed by atoms with Crippen molar-refractivity contribution in [1.82, 2.24) is 19.9 Å². The largest absolute Gasteiger partial charge is 0.376 e. The number of halogens is 1. The van der Waals surface area contributed by atoms with Crippen molar-refractivity contribution in [2.75, 3.05) is 13.2 Å². The number of carbonyl (C=O) groups excluding carboxylic acids is 1. The van der Waals surface area contributed by atoms with Crippen LogP contribution >= 0.6 is 11.8 Å². The van der Waals surface area contributed by atoms with Crippen LogP contribution < -0.4 is 5.32 Å². The van der Waals surface area contributed by atoms with Gasteiger partial charge in [-0.25, -0.2) is 9.37 Å². The molecule has 34 heavy (non-hydrogen) atoms. The van der Waals surface area contributed by atoms with Crippen LogP contribution in [-0.4, -0.2) is 39.7 Å². The first-order valence-corrected chi connectivity index (χ1v) is 12.3. The lowest BCUT2D eigenvalue weighted by molar-refractivity contribution is 0.0858. The van der Waals surface area contributed by atoms with Gasteiger partial charge in [0.1, 0.15) is 5.82 Å². The van der Waals surface area contributed by atoms with E-state index in [0.29, 0.717) is 30.0 Å². The molecule has 0 unspecified atom stereocenters. The Morgan fingerprint density at radius 1 is 1.18 bits per heavy atom. The molecule has 1 aliphatic heterocycles. The fourth-order valence-electron chi connectivity index (χ4n) is 4.02. The van der Waals surface area contributed by atoms with E-state index < -0.39 is 0 Å². The third-order valence-electron chi connectivity index (χ3n) is 5.90. The zero-order chi connectivity index (χ0) is 23.3. The first-order valence-electron chi connectivity index (χ1n) is 11.3. The van der Waals surface area contributed by atoms with Gasteiger partial charge in [0, 0.05) is 36.2 Å². The van der Waals surface area contributed by atoms with E-state index in [2.05, 4.69) is 10.3 Å². The number of aromatic nitrogens is 3. The molecule has 0 spiro atoms. The van der Waals surface area contributed by atoms with Gasteiger partial charge in [-0.2, -0.15) is 0 Å². The van der Waals surface area contributed by atoms with Crippen LogP contribution in [0.3, 0.4) is 0 Å². The monoisotopic (exact) mass is 476 g/mol. The van der Waals surface area contributed by atoms with Gasteiger partial charge in [-0.1, -0.05) is 42.1 Å². The maximum absolute atomic E-state index is 14.3. The lowest BCUT2D eigenvalue weighted by Crippen LogP contribution is -2.31. The fraction of sp³-hybridized carbons (Fsp3) is 0.269. The van der Waals surface area contributed by atoms with E-state index in [4.69, 9.17) is 9.72 Å². The van der Waals surface area contributed by atoms with Gasteiger partial charge >= 0.3 is 0 Å². The van der Waals surface area contributed by atoms with Crippen molar-refractivity contribution in [3.8, 4) is 0 Å². The van der Waals surface area contributed by atoms with Gasteiger partial charge in [-0.3, -0.25) is 9.78 Å². The van der Waals surface area contributed by atoms with E-state index in [1.165, 1.54) is 6.07 Å². The van der Waals surface area contributed by atoms with Gasteiger partial charge in [-0.05, 0) is 42.7 Å². The highest BCUT2D eigenvalue weighted by Gasteiger charge is 2.17. The Morgan fingerprint density at radius 3 is 2.82 bits per heavy atom. The molecule has 1 saturated heterocycles. The number of imidazole rings is 1. The van der Waals surface area contributed by atoms with Gasteiger partial charge in [-0.15, -0.1) is 0 Å². The van der Waals surface area contributed by atoms with Crippen molar-refractivity contribution >= 4 is 28.7 Å². The quantitative estimate of drug-likeness (QED) is 0.369. The highest BCUT2D eigenvalue weighted by molar-refractivity contribution is 7.98. The molecule has 8 heteroatoms. The Kier molecular flexibility index (Phi) is 6.87. The molecule has 1 fully saturated rings. The molecule has 174 valence electrons. The Morgan fingerprint density at radius 2 is 2.03 bits per heavy atom. The van der Waals surface area contributed by atoms with Crippen molar-refractivity contribution in [2.45, 2.75) is 36.4 Å². The number of carbonyl (C=O) groups is 1. The number of amides is 1. The van der Waals surface area contributed by atoms with Crippen LogP contribution in [0, 0.1) is 5.82 Å². The molecular weight excluding hydrogens is 451 g/mol. The van der Waals surface area contributed by atoms with Gasteiger partial charge < -0.3 is 14.6 Å². The van der Waals surface area contributed by atoms with E-state index in [9.17, 15) is 9.18 Å². The number of nitrogens with one attached hydrogen (secondary N) is 1. The number of rotatable bonds is 8. The Bertz CT molecular complexity index is 1290. The number of benzene rings is 2. The molecule has 1 N–H and O–H groups in total. The maximum atomic E-state index is 14.3. The van der Waals surface area contributed by atoms with Crippen LogP contribution in [-0.2, 0) is 17.0 Å². The minimum atomic E-state index is -0.238. The van der Waals surface area contributed by atoms with Gasteiger partial charge in [0.05, 0.1) is 29.9 Å². The molecule has 0 bridgehead atoms. The standard InChI is InChI=1S/C26H25FN4O2S/c27-22-6-2-1-4-20(22)16-31-24-15-28-12-11-23(24)30-26(31)34-17-18-7-9-19(10-8-18)25(32)29-14-21-5-3-13-33-21/h1-2,4,6-12,15,21H,3,5,13-14,16-17H2,(H,29,32)/t21-/m0/s1. The van der Waals surface area contributed by atoms with Gasteiger partial charge in [0.15, 0.2) is 5.16 Å². The van der Waals surface area contributed by atoms with Crippen LogP contribution in [0.4, 0.5) is 4.39 Å². The summed E-state index contributed by atoms with van der Waals surface area (Å²) in [5.74, 6) is 0.345. The average Bonchev–Trinajstić information content (AvgIpc) is 3.51. The van der Waals surface area contributed by atoms with Gasteiger partial charge in [0.25, 0.3) is 5.91 Å². The number of hydrogen-bond acceptors (Lipinski definition) is 5. The summed E-state index contributed by atoms with van der Waals surface area (Å²) in [7, 11) is 0. The second-order valence-corrected chi connectivity index (χ2v) is 9.21. The second-order valence-electron chi connectivity index (χ2n) is 8.27. The highest BCUT2D eigenvalue weighted by Crippen LogP contribution is 2.28. The molecule has 1 aliphatic rings. The summed E-state index contributed by atoms with van der Waals surface area (Å²) in [4.78, 5) is 21.4. The lowest BCUT2D eigenvalue weighted by atomic mass is 10.1. The first kappa shape index (κ1) is 22.6. The van der Waals surface area contributed by atoms with E-state index in [0.717, 1.165) is 41.2 Å². The molecule has 0 radical (unpaired) electrons. The third-order valence-corrected chi connectivity index (χ3v) is 6.95. The van der Waals surface area contributed by atoms with Crippen LogP contribution in [0.1, 0.15) is 34.3 Å². The zero-order valence-corrected chi connectivity index (χ0v) is 19.4. The molecule has 0 aliphatic carbocycles. The van der Waals surface area contributed by atoms with Crippen molar-refractivity contribution in [1.29, 1.82) is 0 Å². The minimum Gasteiger partial charge on any atom is -0.376 e. The topological polar surface area (TPSA) is 69.0 Å². The zero-order valence-electron chi connectivity index (χ0n) is 18.6. The number of ether oxygens (including phenoxy) is 1. The molecular formula is C26H25FN4O2S. The van der Waals surface area contributed by atoms with Crippen LogP contribution in [0.15, 0.2) is 72.1 Å². The predicted molar refractivity (Wildman–Crippen MR) is 130 cm³/mol. The van der Waals surface area contributed by atoms with Crippen molar-refractivity contribution in [2.24, 2.45) is 0 Å². The smallest absolute Gasteiger partial charge is 0.251 e. The average molecular weight is 477 g/mol. The van der Waals surface area contributed by atoms with E-state index >= 15 is 0 Å². The third kappa shape index (κ3) is 5.13. The molecule has 3 heterocycles. The van der Waals surface area contributed by atoms with Crippen LogP contribution in [0.25, 0.3) is 11.0 Å². The summed E-state index contributed by atoms with van der Waals surface area (Å²) in [6.45, 7) is 1.70.